The zero-order valence-corrected chi connectivity index (χ0v) is 18.7. The number of piperidine rings is 1. The van der Waals surface area contributed by atoms with E-state index in [1.807, 2.05) is 0 Å². The molecule has 0 unspecified atom stereocenters. The van der Waals surface area contributed by atoms with Gasteiger partial charge in [-0.25, -0.2) is 9.97 Å². The van der Waals surface area contributed by atoms with Crippen molar-refractivity contribution < 1.29 is 9.47 Å². The van der Waals surface area contributed by atoms with Crippen LogP contribution in [-0.2, 0) is 4.74 Å². The average molecular weight is 437 g/mol. The van der Waals surface area contributed by atoms with Gasteiger partial charge >= 0.3 is 0 Å². The highest BCUT2D eigenvalue weighted by Gasteiger charge is 2.31. The molecule has 0 saturated carbocycles. The lowest BCUT2D eigenvalue weighted by Crippen LogP contribution is -2.58. The number of ether oxygens (including phenoxy) is 2. The normalized spacial score (nSPS) is 24.5. The van der Waals surface area contributed by atoms with E-state index in [9.17, 15) is 0 Å². The first kappa shape index (κ1) is 20.2. The molecule has 32 heavy (non-hydrogen) atoms. The fraction of sp³-hybridized carbons (Fsp3) is 0.583. The molecule has 8 nitrogen and oxygen atoms in total. The average Bonchev–Trinajstić information content (AvgIpc) is 2.94. The molecule has 0 aliphatic carbocycles. The van der Waals surface area contributed by atoms with Crippen LogP contribution in [0.3, 0.4) is 0 Å². The summed E-state index contributed by atoms with van der Waals surface area (Å²) in [6.45, 7) is 9.88. The highest BCUT2D eigenvalue weighted by atomic mass is 16.5. The maximum atomic E-state index is 6.41. The summed E-state index contributed by atoms with van der Waals surface area (Å²) in [4.78, 5) is 14.2. The molecule has 0 spiro atoms. The molecule has 170 valence electrons. The van der Waals surface area contributed by atoms with Crippen molar-refractivity contribution >= 4 is 17.3 Å². The second-order valence-electron chi connectivity index (χ2n) is 9.32. The molecule has 1 aromatic carbocycles. The van der Waals surface area contributed by atoms with E-state index in [0.717, 1.165) is 74.1 Å². The van der Waals surface area contributed by atoms with Crippen LogP contribution in [0.5, 0.6) is 5.75 Å². The lowest BCUT2D eigenvalue weighted by atomic mass is 9.88. The molecule has 8 heteroatoms. The van der Waals surface area contributed by atoms with Crippen LogP contribution in [0.1, 0.15) is 42.9 Å². The summed E-state index contributed by atoms with van der Waals surface area (Å²) < 4.78 is 11.9. The summed E-state index contributed by atoms with van der Waals surface area (Å²) >= 11 is 0. The smallest absolute Gasteiger partial charge is 0.143 e. The van der Waals surface area contributed by atoms with Gasteiger partial charge in [-0.3, -0.25) is 4.90 Å². The zero-order chi connectivity index (χ0) is 21.5. The van der Waals surface area contributed by atoms with Crippen molar-refractivity contribution in [2.45, 2.75) is 37.8 Å². The number of benzene rings is 1. The fourth-order valence-electron chi connectivity index (χ4n) is 5.40. The number of aromatic nitrogens is 2. The molecular formula is C24H32N6O2. The Morgan fingerprint density at radius 1 is 1.03 bits per heavy atom. The molecule has 4 aliphatic rings. The third kappa shape index (κ3) is 3.70. The van der Waals surface area contributed by atoms with Crippen LogP contribution in [0, 0.1) is 0 Å². The van der Waals surface area contributed by atoms with Gasteiger partial charge in [-0.15, -0.1) is 0 Å². The summed E-state index contributed by atoms with van der Waals surface area (Å²) in [7, 11) is 0. The Kier molecular flexibility index (Phi) is 5.37. The van der Waals surface area contributed by atoms with Gasteiger partial charge in [0.2, 0.25) is 0 Å². The van der Waals surface area contributed by atoms with E-state index >= 15 is 0 Å². The van der Waals surface area contributed by atoms with Gasteiger partial charge in [0, 0.05) is 32.2 Å². The molecule has 1 aromatic heterocycles. The van der Waals surface area contributed by atoms with E-state index in [0.29, 0.717) is 5.92 Å². The van der Waals surface area contributed by atoms with E-state index in [1.165, 1.54) is 31.5 Å². The van der Waals surface area contributed by atoms with Crippen molar-refractivity contribution in [3.63, 3.8) is 0 Å². The Balaban J connectivity index is 1.24. The maximum Gasteiger partial charge on any atom is 0.143 e. The number of anilines is 3. The Hall–Kier alpha value is -2.42. The van der Waals surface area contributed by atoms with Gasteiger partial charge in [-0.1, -0.05) is 6.07 Å². The van der Waals surface area contributed by atoms with E-state index in [2.05, 4.69) is 55.5 Å². The second kappa shape index (κ2) is 8.50. The summed E-state index contributed by atoms with van der Waals surface area (Å²) in [6.07, 6.45) is 3.95. The van der Waals surface area contributed by atoms with Gasteiger partial charge in [0.1, 0.15) is 29.8 Å². The van der Waals surface area contributed by atoms with Crippen LogP contribution in [0.15, 0.2) is 24.5 Å². The first-order chi connectivity index (χ1) is 15.8. The standard InChI is InChI=1S/C24H32N6O2/c1-16-22-23(26-15-27-24(22)30-8-10-31-11-9-30)28-20-12-18(2-3-21(20)32-16)17-4-6-29(7-5-17)19-13-25-14-19/h2-3,12,15-17,19,25H,4-11,13-14H2,1H3,(H,26,27,28)/t16-/m0/s1. The number of nitrogens with zero attached hydrogens (tertiary/aromatic N) is 4. The Morgan fingerprint density at radius 2 is 1.84 bits per heavy atom. The van der Waals surface area contributed by atoms with Gasteiger partial charge in [-0.2, -0.15) is 0 Å². The number of nitrogens with one attached hydrogen (secondary N) is 2. The highest BCUT2D eigenvalue weighted by molar-refractivity contribution is 5.72. The minimum atomic E-state index is -0.136. The topological polar surface area (TPSA) is 74.8 Å². The molecule has 2 N–H and O–H groups in total. The molecule has 1 atom stereocenters. The van der Waals surface area contributed by atoms with Crippen molar-refractivity contribution in [3.8, 4) is 5.75 Å². The number of hydrogen-bond acceptors (Lipinski definition) is 8. The molecule has 0 amide bonds. The molecule has 3 saturated heterocycles. The molecule has 4 aliphatic heterocycles. The van der Waals surface area contributed by atoms with Crippen LogP contribution in [0.25, 0.3) is 0 Å². The van der Waals surface area contributed by atoms with Crippen molar-refractivity contribution in [2.75, 3.05) is 62.7 Å². The third-order valence-corrected chi connectivity index (χ3v) is 7.42. The minimum absolute atomic E-state index is 0.136. The molecule has 2 aromatic rings. The Bertz CT molecular complexity index is 967. The number of likely N-dealkylation sites (tertiary alicyclic amines) is 1. The van der Waals surface area contributed by atoms with E-state index in [-0.39, 0.29) is 6.10 Å². The monoisotopic (exact) mass is 436 g/mol. The van der Waals surface area contributed by atoms with Gasteiger partial charge in [0.25, 0.3) is 0 Å². The van der Waals surface area contributed by atoms with Crippen molar-refractivity contribution in [2.24, 2.45) is 0 Å². The van der Waals surface area contributed by atoms with Crippen molar-refractivity contribution in [1.82, 2.24) is 20.2 Å². The minimum Gasteiger partial charge on any atom is -0.484 e. The van der Waals surface area contributed by atoms with Gasteiger partial charge in [0.15, 0.2) is 0 Å². The van der Waals surface area contributed by atoms with Gasteiger partial charge in [0.05, 0.1) is 24.5 Å². The van der Waals surface area contributed by atoms with Gasteiger partial charge in [-0.05, 0) is 56.5 Å². The predicted molar refractivity (Wildman–Crippen MR) is 124 cm³/mol. The first-order valence-electron chi connectivity index (χ1n) is 12.0. The zero-order valence-electron chi connectivity index (χ0n) is 18.7. The molecule has 5 heterocycles. The Labute approximate surface area is 189 Å². The lowest BCUT2D eigenvalue weighted by molar-refractivity contribution is 0.113. The number of hydrogen-bond donors (Lipinski definition) is 2. The quantitative estimate of drug-likeness (QED) is 0.761. The lowest BCUT2D eigenvalue weighted by Gasteiger charge is -2.42. The van der Waals surface area contributed by atoms with Crippen LogP contribution >= 0.6 is 0 Å². The molecule has 3 fully saturated rings. The van der Waals surface area contributed by atoms with Crippen LogP contribution in [-0.4, -0.2) is 73.4 Å². The van der Waals surface area contributed by atoms with E-state index in [1.54, 1.807) is 6.33 Å². The van der Waals surface area contributed by atoms with Crippen LogP contribution < -0.4 is 20.3 Å². The molecule has 6 rings (SSSR count). The summed E-state index contributed by atoms with van der Waals surface area (Å²) in [5.74, 6) is 3.27. The molecular weight excluding hydrogens is 404 g/mol. The van der Waals surface area contributed by atoms with Crippen molar-refractivity contribution in [3.05, 3.63) is 35.7 Å². The number of fused-ring (bicyclic) bond motifs is 2. The highest BCUT2D eigenvalue weighted by Crippen LogP contribution is 2.43. The number of rotatable bonds is 3. The molecule has 0 radical (unpaired) electrons. The van der Waals surface area contributed by atoms with Gasteiger partial charge < -0.3 is 25.0 Å². The summed E-state index contributed by atoms with van der Waals surface area (Å²) in [6, 6.07) is 7.41. The van der Waals surface area contributed by atoms with Crippen LogP contribution in [0.2, 0.25) is 0 Å². The Morgan fingerprint density at radius 3 is 2.59 bits per heavy atom. The SMILES string of the molecule is C[C@@H]1Oc2ccc(C3CCN(C4CNC4)CC3)cc2Nc2ncnc(N3CCOCC3)c21. The van der Waals surface area contributed by atoms with E-state index in [4.69, 9.17) is 9.47 Å². The predicted octanol–water partition coefficient (Wildman–Crippen LogP) is 2.66. The summed E-state index contributed by atoms with van der Waals surface area (Å²) in [5.41, 5.74) is 3.42. The second-order valence-corrected chi connectivity index (χ2v) is 9.32. The van der Waals surface area contributed by atoms with Crippen molar-refractivity contribution in [1.29, 1.82) is 0 Å². The summed E-state index contributed by atoms with van der Waals surface area (Å²) in [5, 5.41) is 6.98. The fourth-order valence-corrected chi connectivity index (χ4v) is 5.40. The number of morpholine rings is 1. The first-order valence-corrected chi connectivity index (χ1v) is 12.0. The molecule has 0 bridgehead atoms. The maximum absolute atomic E-state index is 6.41. The third-order valence-electron chi connectivity index (χ3n) is 7.42. The van der Waals surface area contributed by atoms with Crippen LogP contribution in [0.4, 0.5) is 17.3 Å². The largest absolute Gasteiger partial charge is 0.484 e. The van der Waals surface area contributed by atoms with E-state index < -0.39 is 0 Å².